The molecule has 2 atom stereocenters. The normalized spacial score (nSPS) is 18.0. The maximum atomic E-state index is 11.2. The number of benzene rings is 3. The first-order valence-corrected chi connectivity index (χ1v) is 11.9. The molecule has 3 aromatic carbocycles. The number of fused-ring (bicyclic) bond motifs is 1. The molecule has 33 heavy (non-hydrogen) atoms. The molecule has 1 aliphatic heterocycles. The van der Waals surface area contributed by atoms with Gasteiger partial charge in [0.05, 0.1) is 12.7 Å². The molecule has 0 saturated carbocycles. The van der Waals surface area contributed by atoms with E-state index in [0.717, 1.165) is 37.9 Å². The van der Waals surface area contributed by atoms with Crippen LogP contribution >= 0.6 is 0 Å². The molecule has 172 valence electrons. The molecular weight excluding hydrogens is 406 g/mol. The van der Waals surface area contributed by atoms with Crippen molar-refractivity contribution in [3.05, 3.63) is 89.3 Å². The lowest BCUT2D eigenvalue weighted by Gasteiger charge is -2.39. The quantitative estimate of drug-likeness (QED) is 0.457. The van der Waals surface area contributed by atoms with E-state index in [1.807, 2.05) is 18.2 Å². The van der Waals surface area contributed by atoms with Crippen molar-refractivity contribution in [3.8, 4) is 0 Å². The van der Waals surface area contributed by atoms with Gasteiger partial charge in [0.25, 0.3) is 0 Å². The number of rotatable bonds is 8. The van der Waals surface area contributed by atoms with Crippen molar-refractivity contribution < 1.29 is 5.11 Å². The second kappa shape index (κ2) is 10.1. The zero-order valence-electron chi connectivity index (χ0n) is 20.0. The topological polar surface area (TPSA) is 31.1 Å². The lowest BCUT2D eigenvalue weighted by molar-refractivity contribution is 0.0189. The maximum absolute atomic E-state index is 11.2. The first kappa shape index (κ1) is 23.4. The summed E-state index contributed by atoms with van der Waals surface area (Å²) >= 11 is 0. The van der Waals surface area contributed by atoms with Crippen molar-refractivity contribution in [2.24, 2.45) is 0 Å². The van der Waals surface area contributed by atoms with Gasteiger partial charge in [0.1, 0.15) is 0 Å². The Balaban J connectivity index is 1.39. The smallest absolute Gasteiger partial charge is 0.187 e. The monoisotopic (exact) mass is 441 g/mol. The van der Waals surface area contributed by atoms with Crippen molar-refractivity contribution >= 4 is 16.5 Å². The largest absolute Gasteiger partial charge is 0.390 e. The molecule has 0 spiro atoms. The fourth-order valence-corrected chi connectivity index (χ4v) is 5.08. The molecule has 4 rings (SSSR count). The number of likely N-dealkylation sites (tertiary alicyclic amines) is 1. The van der Waals surface area contributed by atoms with Crippen molar-refractivity contribution in [1.82, 2.24) is 9.80 Å². The maximum Gasteiger partial charge on any atom is 0.187 e. The van der Waals surface area contributed by atoms with Crippen LogP contribution < -0.4 is 0 Å². The number of hydrogen-bond donors (Lipinski definition) is 1. The van der Waals surface area contributed by atoms with Crippen LogP contribution in [0.15, 0.2) is 66.7 Å². The molecule has 0 unspecified atom stereocenters. The van der Waals surface area contributed by atoms with Crippen LogP contribution in [-0.4, -0.2) is 52.7 Å². The van der Waals surface area contributed by atoms with Crippen LogP contribution in [-0.2, 0) is 13.0 Å². The molecule has 1 fully saturated rings. The number of aliphatic hydroxyl groups excluding tert-OH is 1. The van der Waals surface area contributed by atoms with E-state index < -0.39 is 6.10 Å². The molecule has 4 heteroatoms. The molecule has 1 heterocycles. The molecule has 1 aliphatic rings. The van der Waals surface area contributed by atoms with Crippen LogP contribution in [0.1, 0.15) is 37.8 Å². The summed E-state index contributed by atoms with van der Waals surface area (Å²) in [5, 5.41) is 13.8. The van der Waals surface area contributed by atoms with Crippen LogP contribution in [0.3, 0.4) is 0 Å². The van der Waals surface area contributed by atoms with Gasteiger partial charge < -0.3 is 5.11 Å². The average molecular weight is 442 g/mol. The highest BCUT2D eigenvalue weighted by Gasteiger charge is 2.34. The number of β-amino-alcohol motifs (C(OH)–C–C–N with tert-alkyl or cyclic N) is 1. The van der Waals surface area contributed by atoms with Crippen molar-refractivity contribution in [2.75, 3.05) is 20.1 Å². The number of aliphatic hydroxyl groups is 1. The van der Waals surface area contributed by atoms with Gasteiger partial charge in [-0.2, -0.15) is 0 Å². The summed E-state index contributed by atoms with van der Waals surface area (Å²) in [5.74, 6) is 0. The minimum atomic E-state index is -0.405. The van der Waals surface area contributed by atoms with E-state index >= 15 is 0 Å². The van der Waals surface area contributed by atoms with Gasteiger partial charge in [0.2, 0.25) is 0 Å². The zero-order valence-corrected chi connectivity index (χ0v) is 20.0. The van der Waals surface area contributed by atoms with Crippen LogP contribution in [0.5, 0.6) is 0 Å². The lowest BCUT2D eigenvalue weighted by atomic mass is 9.91. The first-order valence-electron chi connectivity index (χ1n) is 11.9. The van der Waals surface area contributed by atoms with E-state index in [1.165, 1.54) is 16.3 Å². The van der Waals surface area contributed by atoms with Crippen LogP contribution in [0.4, 0.5) is 5.69 Å². The highest BCUT2D eigenvalue weighted by molar-refractivity contribution is 5.83. The summed E-state index contributed by atoms with van der Waals surface area (Å²) in [6.45, 7) is 14.2. The standard InChI is InChI=1S/C29H35N3O/c1-29(2,19-22-14-15-24-10-5-6-11-25(24)17-22)31(4)21-28(33)27-13-8-16-32(27)20-23-9-7-12-26(18-23)30-3/h5-7,9-12,14-15,17-18,27-28,33H,8,13,16,19-21H2,1-2,4H3/t27-,28-/m1/s1. The summed E-state index contributed by atoms with van der Waals surface area (Å²) in [4.78, 5) is 8.25. The predicted molar refractivity (Wildman–Crippen MR) is 137 cm³/mol. The minimum absolute atomic E-state index is 0.0726. The van der Waals surface area contributed by atoms with Gasteiger partial charge in [-0.05, 0) is 68.6 Å². The summed E-state index contributed by atoms with van der Waals surface area (Å²) in [6, 6.07) is 23.2. The highest BCUT2D eigenvalue weighted by atomic mass is 16.3. The van der Waals surface area contributed by atoms with Crippen molar-refractivity contribution in [3.63, 3.8) is 0 Å². The summed E-state index contributed by atoms with van der Waals surface area (Å²) < 4.78 is 0. The van der Waals surface area contributed by atoms with E-state index in [2.05, 4.69) is 84.1 Å². The number of nitrogens with zero attached hydrogens (tertiary/aromatic N) is 3. The summed E-state index contributed by atoms with van der Waals surface area (Å²) in [7, 11) is 2.13. The Labute approximate surface area is 198 Å². The highest BCUT2D eigenvalue weighted by Crippen LogP contribution is 2.27. The fraction of sp³-hybridized carbons (Fsp3) is 0.414. The van der Waals surface area contributed by atoms with Gasteiger partial charge in [-0.25, -0.2) is 4.85 Å². The van der Waals surface area contributed by atoms with Crippen LogP contribution in [0, 0.1) is 6.57 Å². The molecule has 0 aliphatic carbocycles. The van der Waals surface area contributed by atoms with E-state index in [1.54, 1.807) is 0 Å². The van der Waals surface area contributed by atoms with Crippen LogP contribution in [0.2, 0.25) is 0 Å². The molecule has 0 radical (unpaired) electrons. The Morgan fingerprint density at radius 3 is 2.64 bits per heavy atom. The van der Waals surface area contributed by atoms with Crippen molar-refractivity contribution in [1.29, 1.82) is 0 Å². The lowest BCUT2D eigenvalue weighted by Crippen LogP contribution is -2.51. The molecule has 3 aromatic rings. The first-order chi connectivity index (χ1) is 15.9. The predicted octanol–water partition coefficient (Wildman–Crippen LogP) is 5.67. The van der Waals surface area contributed by atoms with E-state index in [9.17, 15) is 5.11 Å². The Kier molecular flexibility index (Phi) is 7.14. The molecule has 4 nitrogen and oxygen atoms in total. The van der Waals surface area contributed by atoms with Crippen LogP contribution in [0.25, 0.3) is 15.6 Å². The third-order valence-electron chi connectivity index (χ3n) is 7.23. The number of likely N-dealkylation sites (N-methyl/N-ethyl adjacent to an activating group) is 1. The van der Waals surface area contributed by atoms with Crippen molar-refractivity contribution in [2.45, 2.75) is 57.3 Å². The molecule has 0 aromatic heterocycles. The Morgan fingerprint density at radius 1 is 1.06 bits per heavy atom. The summed E-state index contributed by atoms with van der Waals surface area (Å²) in [6.07, 6.45) is 2.65. The van der Waals surface area contributed by atoms with E-state index in [0.29, 0.717) is 12.2 Å². The van der Waals surface area contributed by atoms with Gasteiger partial charge in [0.15, 0.2) is 5.69 Å². The van der Waals surface area contributed by atoms with Gasteiger partial charge in [-0.15, -0.1) is 0 Å². The van der Waals surface area contributed by atoms with Gasteiger partial charge in [-0.1, -0.05) is 66.7 Å². The minimum Gasteiger partial charge on any atom is -0.390 e. The van der Waals surface area contributed by atoms with E-state index in [-0.39, 0.29) is 11.6 Å². The van der Waals surface area contributed by atoms with Gasteiger partial charge in [-0.3, -0.25) is 9.80 Å². The molecule has 0 bridgehead atoms. The van der Waals surface area contributed by atoms with Gasteiger partial charge in [0, 0.05) is 24.7 Å². The SMILES string of the molecule is [C-]#[N+]c1cccc(CN2CCC[C@@H]2[C@H](O)CN(C)C(C)(C)Cc2ccc3ccccc3c2)c1. The van der Waals surface area contributed by atoms with E-state index in [4.69, 9.17) is 6.57 Å². The third-order valence-corrected chi connectivity index (χ3v) is 7.23. The Bertz CT molecular complexity index is 1130. The zero-order chi connectivity index (χ0) is 23.4. The average Bonchev–Trinajstić information content (AvgIpc) is 3.27. The second-order valence-corrected chi connectivity index (χ2v) is 10.1. The summed E-state index contributed by atoms with van der Waals surface area (Å²) in [5.41, 5.74) is 3.07. The fourth-order valence-electron chi connectivity index (χ4n) is 5.08. The second-order valence-electron chi connectivity index (χ2n) is 10.1. The molecule has 0 amide bonds. The molecule has 1 N–H and O–H groups in total. The van der Waals surface area contributed by atoms with Gasteiger partial charge >= 0.3 is 0 Å². The Morgan fingerprint density at radius 2 is 1.85 bits per heavy atom. The molecular formula is C29H35N3O. The number of hydrogen-bond acceptors (Lipinski definition) is 3. The Hall–Kier alpha value is -2.71. The molecule has 1 saturated heterocycles. The third kappa shape index (κ3) is 5.62.